The Morgan fingerprint density at radius 3 is 2.03 bits per heavy atom. The minimum absolute atomic E-state index is 0.0458. The third-order valence-corrected chi connectivity index (χ3v) is 16.7. The number of aliphatic hydroxyl groups is 1. The first-order chi connectivity index (χ1) is 48.2. The Hall–Kier alpha value is -9.27. The fraction of sp³-hybridized carbons (Fsp3) is 0.478. The summed E-state index contributed by atoms with van der Waals surface area (Å²) in [5.74, 6) is -3.26. The molecule has 0 aliphatic carbocycles. The van der Waals surface area contributed by atoms with Crippen LogP contribution in [0, 0.1) is 5.92 Å². The normalized spacial score (nSPS) is 14.3. The minimum atomic E-state index is -1.11. The van der Waals surface area contributed by atoms with Gasteiger partial charge in [0, 0.05) is 137 Å². The van der Waals surface area contributed by atoms with E-state index in [-0.39, 0.29) is 132 Å². The number of anilines is 3. The topological polar surface area (TPSA) is 385 Å². The van der Waals surface area contributed by atoms with E-state index in [1.54, 1.807) is 61.0 Å². The van der Waals surface area contributed by atoms with E-state index in [0.29, 0.717) is 93.1 Å². The van der Waals surface area contributed by atoms with Gasteiger partial charge in [0.2, 0.25) is 35.4 Å². The summed E-state index contributed by atoms with van der Waals surface area (Å²) in [6.45, 7) is 9.02. The molecule has 30 nitrogen and oxygen atoms in total. The Labute approximate surface area is 584 Å². The van der Waals surface area contributed by atoms with Crippen LogP contribution in [-0.4, -0.2) is 243 Å². The van der Waals surface area contributed by atoms with Crippen LogP contribution in [0.3, 0.4) is 0 Å². The summed E-state index contributed by atoms with van der Waals surface area (Å²) in [6.07, 6.45) is 2.67. The second-order valence-corrected chi connectivity index (χ2v) is 24.4. The van der Waals surface area contributed by atoms with Crippen LogP contribution < -0.4 is 57.9 Å². The zero-order valence-electron chi connectivity index (χ0n) is 56.9. The summed E-state index contributed by atoms with van der Waals surface area (Å²) in [5.41, 5.74) is 8.04. The third kappa shape index (κ3) is 24.6. The number of aliphatic hydroxyl groups excluding tert-OH is 1. The second kappa shape index (κ2) is 40.7. The molecule has 0 bridgehead atoms. The van der Waals surface area contributed by atoms with Gasteiger partial charge in [0.05, 0.1) is 77.7 Å². The first kappa shape index (κ1) is 78.1. The van der Waals surface area contributed by atoms with Crippen molar-refractivity contribution in [1.82, 2.24) is 46.6 Å². The quantitative estimate of drug-likeness (QED) is 0.0153. The fourth-order valence-electron chi connectivity index (χ4n) is 10.8. The van der Waals surface area contributed by atoms with Gasteiger partial charge in [-0.25, -0.2) is 9.59 Å². The highest BCUT2D eigenvalue weighted by molar-refractivity contribution is 6.19. The molecule has 4 aromatic carbocycles. The Kier molecular flexibility index (Phi) is 31.8. The standard InChI is InChI=1S/C69H92ClN13O17/c1-45(2)63(76-43-60(87)73-23-22-72-59(86)20-31-95-33-35-97-37-38-98-36-34-96-32-24-74-58(85)19-25-81(4)61(88)12-8-30-84)66(91)79-53(11-7-21-75-68(71)93)65(90)77-49-15-13-46(14-16-49)64(89)78-50-17-18-55-47(39-50)40-57(99-55)67(92)83-44-48(42-70)62-52-10-6-5-9-51(52)56(41-54(62)83)100-69(94)82-28-26-80(3)27-29-82/h5-6,8-10,12-18,39-41,45,48,53,63,76,84H,7,11,19-38,42-44H2,1-4H3,(H,72,86)(H,73,87)(H,74,85)(H,77,90)(H,78,89)(H,79,91)(H3,71,75,93)/b12-8-/t48-,53+,63+/m1/s1. The minimum Gasteiger partial charge on any atom is -0.451 e. The van der Waals surface area contributed by atoms with E-state index in [1.165, 1.54) is 41.3 Å². The van der Waals surface area contributed by atoms with Crippen LogP contribution in [0.2, 0.25) is 0 Å². The number of furan rings is 1. The van der Waals surface area contributed by atoms with E-state index < -0.39 is 53.7 Å². The molecule has 1 saturated heterocycles. The van der Waals surface area contributed by atoms with Crippen molar-refractivity contribution in [3.05, 3.63) is 108 Å². The van der Waals surface area contributed by atoms with Crippen LogP contribution in [0.15, 0.2) is 95.4 Å². The van der Waals surface area contributed by atoms with Gasteiger partial charge in [-0.3, -0.25) is 43.7 Å². The van der Waals surface area contributed by atoms with Crippen LogP contribution in [0.5, 0.6) is 5.75 Å². The van der Waals surface area contributed by atoms with E-state index in [1.807, 2.05) is 31.3 Å². The second-order valence-electron chi connectivity index (χ2n) is 24.1. The Morgan fingerprint density at radius 2 is 1.36 bits per heavy atom. The van der Waals surface area contributed by atoms with Crippen molar-refractivity contribution >= 4 is 110 Å². The number of hydrogen-bond donors (Lipinski definition) is 10. The number of carbonyl (C=O) groups is 10. The first-order valence-corrected chi connectivity index (χ1v) is 33.8. The smallest absolute Gasteiger partial charge is 0.415 e. The molecular formula is C69H92ClN13O17. The van der Waals surface area contributed by atoms with Crippen molar-refractivity contribution in [3.8, 4) is 5.75 Å². The van der Waals surface area contributed by atoms with Crippen molar-refractivity contribution < 1.29 is 81.2 Å². The number of likely N-dealkylation sites (N-methyl/N-ethyl adjacent to an activating group) is 2. The monoisotopic (exact) mass is 1410 g/mol. The highest BCUT2D eigenvalue weighted by Gasteiger charge is 2.37. The van der Waals surface area contributed by atoms with Crippen molar-refractivity contribution in [2.75, 3.05) is 167 Å². The van der Waals surface area contributed by atoms with Gasteiger partial charge < -0.3 is 95.8 Å². The van der Waals surface area contributed by atoms with Crippen molar-refractivity contribution in [1.29, 1.82) is 0 Å². The molecule has 3 heterocycles. The molecule has 3 atom stereocenters. The molecule has 0 spiro atoms. The number of nitrogens with two attached hydrogens (primary N) is 1. The van der Waals surface area contributed by atoms with Gasteiger partial charge in [-0.05, 0) is 85.3 Å². The SMILES string of the molecule is CC(C)[C@H](NCC(=O)NCCNC(=O)CCOCCOCCOCCOCCNC(=O)CCN(C)C(=O)/C=C\CO)C(=O)N[C@@H](CCCNC(N)=O)C(=O)Nc1ccc(C(=O)Nc2ccc3oc(C(=O)N4C[C@@H](CCl)c5c4cc(OC(=O)N4CCN(C)CC4)c4ccccc54)cc3c2)cc1. The summed E-state index contributed by atoms with van der Waals surface area (Å²) >= 11 is 6.56. The number of rotatable bonds is 40. The molecule has 7 rings (SSSR count). The average molecular weight is 1410 g/mol. The molecule has 2 aliphatic rings. The highest BCUT2D eigenvalue weighted by atomic mass is 35.5. The van der Waals surface area contributed by atoms with Crippen LogP contribution in [0.25, 0.3) is 21.7 Å². The number of piperazine rings is 1. The zero-order valence-corrected chi connectivity index (χ0v) is 57.6. The molecule has 5 aromatic rings. The number of benzene rings is 4. The molecule has 0 radical (unpaired) electrons. The number of primary amides is 1. The molecule has 11 amide bonds. The summed E-state index contributed by atoms with van der Waals surface area (Å²) in [5, 5.41) is 32.8. The third-order valence-electron chi connectivity index (χ3n) is 16.3. The number of urea groups is 1. The molecule has 0 unspecified atom stereocenters. The van der Waals surface area contributed by atoms with E-state index in [2.05, 4.69) is 47.4 Å². The molecule has 100 heavy (non-hydrogen) atoms. The van der Waals surface area contributed by atoms with Crippen molar-refractivity contribution in [3.63, 3.8) is 0 Å². The van der Waals surface area contributed by atoms with E-state index in [0.717, 1.165) is 29.4 Å². The lowest BCUT2D eigenvalue weighted by Crippen LogP contribution is -2.55. The number of halogens is 1. The Bertz CT molecular complexity index is 3620. The number of nitrogens with one attached hydrogen (secondary N) is 8. The van der Waals surface area contributed by atoms with Crippen LogP contribution in [0.1, 0.15) is 71.9 Å². The highest BCUT2D eigenvalue weighted by Crippen LogP contribution is 2.46. The van der Waals surface area contributed by atoms with Gasteiger partial charge in [-0.2, -0.15) is 0 Å². The molecule has 0 saturated carbocycles. The van der Waals surface area contributed by atoms with E-state index in [9.17, 15) is 47.9 Å². The number of nitrogens with zero attached hydrogens (tertiary/aromatic N) is 4. The number of ether oxygens (including phenoxy) is 5. The number of amides is 11. The van der Waals surface area contributed by atoms with Gasteiger partial charge in [0.1, 0.15) is 17.4 Å². The molecular weight excluding hydrogens is 1320 g/mol. The maximum Gasteiger partial charge on any atom is 0.415 e. The van der Waals surface area contributed by atoms with Crippen molar-refractivity contribution in [2.45, 2.75) is 57.5 Å². The van der Waals surface area contributed by atoms with Crippen LogP contribution in [-0.2, 0) is 47.7 Å². The molecule has 2 aliphatic heterocycles. The van der Waals surface area contributed by atoms with Crippen molar-refractivity contribution in [2.24, 2.45) is 11.7 Å². The largest absolute Gasteiger partial charge is 0.451 e. The maximum atomic E-state index is 14.4. The molecule has 11 N–H and O–H groups in total. The number of alkyl halides is 1. The number of carbonyl (C=O) groups excluding carboxylic acids is 10. The fourth-order valence-corrected chi connectivity index (χ4v) is 11.1. The molecule has 31 heteroatoms. The molecule has 1 aromatic heterocycles. The summed E-state index contributed by atoms with van der Waals surface area (Å²) in [6, 6.07) is 19.1. The van der Waals surface area contributed by atoms with Crippen LogP contribution >= 0.6 is 11.6 Å². The summed E-state index contributed by atoms with van der Waals surface area (Å²) in [7, 11) is 3.57. The van der Waals surface area contributed by atoms with Gasteiger partial charge in [-0.15, -0.1) is 11.6 Å². The van der Waals surface area contributed by atoms with Gasteiger partial charge >= 0.3 is 12.1 Å². The van der Waals surface area contributed by atoms with Gasteiger partial charge in [0.25, 0.3) is 11.8 Å². The van der Waals surface area contributed by atoms with Crippen LogP contribution in [0.4, 0.5) is 26.7 Å². The predicted molar refractivity (Wildman–Crippen MR) is 374 cm³/mol. The Morgan fingerprint density at radius 1 is 0.720 bits per heavy atom. The number of hydrogen-bond acceptors (Lipinski definition) is 19. The molecule has 542 valence electrons. The predicted octanol–water partition coefficient (Wildman–Crippen LogP) is 3.26. The Balaban J connectivity index is 0.793. The number of fused-ring (bicyclic) bond motifs is 4. The molecule has 1 fully saturated rings. The lowest BCUT2D eigenvalue weighted by atomic mass is 9.95. The lowest BCUT2D eigenvalue weighted by Gasteiger charge is -2.31. The van der Waals surface area contributed by atoms with E-state index >= 15 is 0 Å². The lowest BCUT2D eigenvalue weighted by molar-refractivity contribution is -0.129. The van der Waals surface area contributed by atoms with E-state index in [4.69, 9.17) is 50.5 Å². The average Bonchev–Trinajstić information content (AvgIpc) is 1.58. The summed E-state index contributed by atoms with van der Waals surface area (Å²) in [4.78, 5) is 136. The first-order valence-electron chi connectivity index (χ1n) is 33.3. The maximum absolute atomic E-state index is 14.4. The zero-order chi connectivity index (χ0) is 71.9. The summed E-state index contributed by atoms with van der Waals surface area (Å²) < 4.78 is 34.0. The van der Waals surface area contributed by atoms with Gasteiger partial charge in [-0.1, -0.05) is 44.2 Å². The van der Waals surface area contributed by atoms with Gasteiger partial charge in [0.15, 0.2) is 5.76 Å².